The van der Waals surface area contributed by atoms with Crippen LogP contribution in [0.1, 0.15) is 29.8 Å². The molecular weight excluding hydrogens is 269 g/mol. The highest BCUT2D eigenvalue weighted by atomic mass is 35.5. The molecule has 1 atom stereocenters. The smallest absolute Gasteiger partial charge is 0.121 e. The fourth-order valence-electron chi connectivity index (χ4n) is 1.84. The zero-order valence-corrected chi connectivity index (χ0v) is 11.4. The lowest BCUT2D eigenvalue weighted by Gasteiger charge is -2.14. The van der Waals surface area contributed by atoms with E-state index in [0.29, 0.717) is 21.3 Å². The van der Waals surface area contributed by atoms with Crippen molar-refractivity contribution in [1.29, 1.82) is 0 Å². The van der Waals surface area contributed by atoms with Gasteiger partial charge in [0.05, 0.1) is 15.7 Å². The molecule has 0 fully saturated rings. The molecule has 0 aliphatic carbocycles. The average Bonchev–Trinajstić information content (AvgIpc) is 2.41. The summed E-state index contributed by atoms with van der Waals surface area (Å²) in [5.74, 6) is 0. The maximum atomic E-state index is 10.4. The number of pyridine rings is 1. The van der Waals surface area contributed by atoms with Crippen molar-refractivity contribution in [3.8, 4) is 0 Å². The molecule has 2 nitrogen and oxygen atoms in total. The summed E-state index contributed by atoms with van der Waals surface area (Å²) in [6.07, 6.45) is 1.72. The third kappa shape index (κ3) is 2.66. The van der Waals surface area contributed by atoms with Crippen LogP contribution in [-0.4, -0.2) is 10.1 Å². The van der Waals surface area contributed by atoms with Gasteiger partial charge < -0.3 is 5.11 Å². The van der Waals surface area contributed by atoms with Crippen LogP contribution < -0.4 is 0 Å². The van der Waals surface area contributed by atoms with Gasteiger partial charge in [-0.3, -0.25) is 4.98 Å². The van der Waals surface area contributed by atoms with Crippen molar-refractivity contribution in [1.82, 2.24) is 4.98 Å². The van der Waals surface area contributed by atoms with Gasteiger partial charge in [-0.2, -0.15) is 0 Å². The van der Waals surface area contributed by atoms with Gasteiger partial charge in [-0.1, -0.05) is 42.3 Å². The number of aromatic nitrogens is 1. The van der Waals surface area contributed by atoms with Crippen molar-refractivity contribution in [2.24, 2.45) is 0 Å². The third-order valence-electron chi connectivity index (χ3n) is 2.83. The Morgan fingerprint density at radius 1 is 1.22 bits per heavy atom. The minimum atomic E-state index is -0.782. The van der Waals surface area contributed by atoms with Crippen LogP contribution in [0.25, 0.3) is 0 Å². The minimum Gasteiger partial charge on any atom is -0.382 e. The fourth-order valence-corrected chi connectivity index (χ4v) is 2.14. The summed E-state index contributed by atoms with van der Waals surface area (Å²) < 4.78 is 0. The molecule has 4 heteroatoms. The lowest BCUT2D eigenvalue weighted by Crippen LogP contribution is -2.06. The van der Waals surface area contributed by atoms with Crippen molar-refractivity contribution in [3.63, 3.8) is 0 Å². The molecular formula is C14H13Cl2NO. The van der Waals surface area contributed by atoms with Crippen molar-refractivity contribution >= 4 is 23.2 Å². The highest BCUT2D eigenvalue weighted by Crippen LogP contribution is 2.29. The molecule has 0 saturated carbocycles. The monoisotopic (exact) mass is 281 g/mol. The Labute approximate surface area is 116 Å². The summed E-state index contributed by atoms with van der Waals surface area (Å²) >= 11 is 11.8. The van der Waals surface area contributed by atoms with Crippen molar-refractivity contribution in [3.05, 3.63) is 63.4 Å². The van der Waals surface area contributed by atoms with Crippen LogP contribution in [0.5, 0.6) is 0 Å². The van der Waals surface area contributed by atoms with E-state index < -0.39 is 6.10 Å². The Morgan fingerprint density at radius 2 is 2.00 bits per heavy atom. The quantitative estimate of drug-likeness (QED) is 0.921. The fraction of sp³-hybridized carbons (Fsp3) is 0.214. The highest BCUT2D eigenvalue weighted by molar-refractivity contribution is 6.42. The van der Waals surface area contributed by atoms with Crippen molar-refractivity contribution in [2.75, 3.05) is 0 Å². The second kappa shape index (κ2) is 5.70. The Kier molecular flexibility index (Phi) is 4.23. The summed E-state index contributed by atoms with van der Waals surface area (Å²) in [4.78, 5) is 4.25. The van der Waals surface area contributed by atoms with Crippen molar-refractivity contribution < 1.29 is 5.11 Å². The number of hydrogen-bond acceptors (Lipinski definition) is 2. The molecule has 0 saturated heterocycles. The first-order valence-corrected chi connectivity index (χ1v) is 6.46. The van der Waals surface area contributed by atoms with E-state index in [9.17, 15) is 5.11 Å². The van der Waals surface area contributed by atoms with E-state index in [4.69, 9.17) is 23.2 Å². The van der Waals surface area contributed by atoms with Gasteiger partial charge in [-0.05, 0) is 35.7 Å². The number of nitrogens with zero attached hydrogens (tertiary/aromatic N) is 1. The van der Waals surface area contributed by atoms with E-state index in [0.717, 1.165) is 12.0 Å². The summed E-state index contributed by atoms with van der Waals surface area (Å²) in [5, 5.41) is 11.3. The van der Waals surface area contributed by atoms with Crippen LogP contribution in [0.3, 0.4) is 0 Å². The number of rotatable bonds is 3. The van der Waals surface area contributed by atoms with Crippen molar-refractivity contribution in [2.45, 2.75) is 19.4 Å². The number of benzene rings is 1. The molecule has 1 unspecified atom stereocenters. The number of hydrogen-bond donors (Lipinski definition) is 1. The summed E-state index contributed by atoms with van der Waals surface area (Å²) in [6.45, 7) is 2.03. The van der Waals surface area contributed by atoms with Crippen LogP contribution >= 0.6 is 23.2 Å². The topological polar surface area (TPSA) is 33.1 Å². The van der Waals surface area contributed by atoms with Crippen LogP contribution in [0.15, 0.2) is 36.5 Å². The van der Waals surface area contributed by atoms with Gasteiger partial charge in [0.15, 0.2) is 0 Å². The Morgan fingerprint density at radius 3 is 2.67 bits per heavy atom. The first kappa shape index (κ1) is 13.3. The summed E-state index contributed by atoms with van der Waals surface area (Å²) in [5.41, 5.74) is 2.38. The predicted molar refractivity (Wildman–Crippen MR) is 74.1 cm³/mol. The lowest BCUT2D eigenvalue weighted by molar-refractivity contribution is 0.214. The molecule has 1 aromatic carbocycles. The maximum absolute atomic E-state index is 10.4. The molecule has 0 aliphatic rings. The molecule has 0 spiro atoms. The number of aliphatic hydroxyl groups excluding tert-OH is 1. The normalized spacial score (nSPS) is 12.4. The standard InChI is InChI=1S/C14H13Cl2NO/c1-2-9-4-3-7-17-13(9)14(18)10-5-6-11(15)12(16)8-10/h3-8,14,18H,2H2,1H3. The van der Waals surface area contributed by atoms with Gasteiger partial charge in [0.25, 0.3) is 0 Å². The van der Waals surface area contributed by atoms with Gasteiger partial charge in [0.2, 0.25) is 0 Å². The SMILES string of the molecule is CCc1cccnc1C(O)c1ccc(Cl)c(Cl)c1. The van der Waals surface area contributed by atoms with Gasteiger partial charge in [0.1, 0.15) is 6.10 Å². The van der Waals surface area contributed by atoms with E-state index in [1.54, 1.807) is 24.4 Å². The average molecular weight is 282 g/mol. The predicted octanol–water partition coefficient (Wildman–Crippen LogP) is 4.03. The largest absolute Gasteiger partial charge is 0.382 e. The second-order valence-electron chi connectivity index (χ2n) is 3.98. The molecule has 1 N–H and O–H groups in total. The molecule has 0 aliphatic heterocycles. The zero-order valence-electron chi connectivity index (χ0n) is 9.90. The van der Waals surface area contributed by atoms with E-state index in [-0.39, 0.29) is 0 Å². The second-order valence-corrected chi connectivity index (χ2v) is 4.79. The summed E-state index contributed by atoms with van der Waals surface area (Å²) in [6, 6.07) is 8.93. The highest BCUT2D eigenvalue weighted by Gasteiger charge is 2.16. The Hall–Kier alpha value is -1.09. The molecule has 1 heterocycles. The molecule has 0 amide bonds. The molecule has 2 rings (SSSR count). The Balaban J connectivity index is 2.41. The van der Waals surface area contributed by atoms with E-state index in [2.05, 4.69) is 4.98 Å². The molecule has 1 aromatic heterocycles. The van der Waals surface area contributed by atoms with E-state index >= 15 is 0 Å². The zero-order chi connectivity index (χ0) is 13.1. The number of aryl methyl sites for hydroxylation is 1. The van der Waals surface area contributed by atoms with Crippen LogP contribution in [0, 0.1) is 0 Å². The van der Waals surface area contributed by atoms with Gasteiger partial charge in [-0.25, -0.2) is 0 Å². The maximum Gasteiger partial charge on any atom is 0.121 e. The molecule has 0 radical (unpaired) electrons. The van der Waals surface area contributed by atoms with E-state index in [1.807, 2.05) is 19.1 Å². The van der Waals surface area contributed by atoms with Crippen LogP contribution in [0.2, 0.25) is 10.0 Å². The lowest BCUT2D eigenvalue weighted by atomic mass is 10.0. The van der Waals surface area contributed by atoms with Gasteiger partial charge in [0, 0.05) is 6.20 Å². The first-order chi connectivity index (χ1) is 8.63. The van der Waals surface area contributed by atoms with Gasteiger partial charge in [-0.15, -0.1) is 0 Å². The van der Waals surface area contributed by atoms with Gasteiger partial charge >= 0.3 is 0 Å². The molecule has 0 bridgehead atoms. The minimum absolute atomic E-state index is 0.433. The summed E-state index contributed by atoms with van der Waals surface area (Å²) in [7, 11) is 0. The molecule has 94 valence electrons. The molecule has 2 aromatic rings. The van der Waals surface area contributed by atoms with E-state index in [1.165, 1.54) is 0 Å². The number of halogens is 2. The third-order valence-corrected chi connectivity index (χ3v) is 3.56. The Bertz CT molecular complexity index is 557. The number of aliphatic hydroxyl groups is 1. The van der Waals surface area contributed by atoms with Crippen LogP contribution in [0.4, 0.5) is 0 Å². The first-order valence-electron chi connectivity index (χ1n) is 5.70. The van der Waals surface area contributed by atoms with Crippen LogP contribution in [-0.2, 0) is 6.42 Å². The molecule has 18 heavy (non-hydrogen) atoms.